The Morgan fingerprint density at radius 3 is 3.00 bits per heavy atom. The number of carbonyl (C=O) groups excluding carboxylic acids is 1. The van der Waals surface area contributed by atoms with Crippen LogP contribution in [0.15, 0.2) is 22.6 Å². The summed E-state index contributed by atoms with van der Waals surface area (Å²) in [6.45, 7) is 6.32. The molecule has 0 aliphatic carbocycles. The Labute approximate surface area is 129 Å². The lowest BCUT2D eigenvalue weighted by molar-refractivity contribution is 0.0602. The van der Waals surface area contributed by atoms with Crippen LogP contribution in [0.25, 0.3) is 11.1 Å². The number of hydrogen-bond acceptors (Lipinski definition) is 6. The third-order valence-electron chi connectivity index (χ3n) is 3.99. The smallest absolute Gasteiger partial charge is 0.340 e. The van der Waals surface area contributed by atoms with E-state index < -0.39 is 5.97 Å². The zero-order chi connectivity index (χ0) is 15.7. The zero-order valence-corrected chi connectivity index (χ0v) is 13.0. The van der Waals surface area contributed by atoms with Crippen LogP contribution in [0.4, 0.5) is 6.01 Å². The summed E-state index contributed by atoms with van der Waals surface area (Å²) in [4.78, 5) is 18.5. The van der Waals surface area contributed by atoms with Crippen LogP contribution in [0.3, 0.4) is 0 Å². The molecule has 1 aliphatic rings. The Morgan fingerprint density at radius 1 is 1.45 bits per heavy atom. The molecule has 0 spiro atoms. The van der Waals surface area contributed by atoms with Gasteiger partial charge in [-0.2, -0.15) is 4.98 Å². The molecule has 0 bridgehead atoms. The number of hydrogen-bond donors (Lipinski definition) is 0. The van der Waals surface area contributed by atoms with E-state index in [0.717, 1.165) is 6.54 Å². The predicted octanol–water partition coefficient (Wildman–Crippen LogP) is 2.48. The van der Waals surface area contributed by atoms with Gasteiger partial charge in [-0.25, -0.2) is 4.79 Å². The summed E-state index contributed by atoms with van der Waals surface area (Å²) >= 11 is 0. The third kappa shape index (κ3) is 2.54. The lowest BCUT2D eigenvalue weighted by atomic mass is 10.0. The number of morpholine rings is 1. The second-order valence-corrected chi connectivity index (χ2v) is 5.72. The van der Waals surface area contributed by atoms with Crippen LogP contribution < -0.4 is 4.90 Å². The molecule has 0 N–H and O–H groups in total. The van der Waals surface area contributed by atoms with Crippen molar-refractivity contribution >= 4 is 23.1 Å². The van der Waals surface area contributed by atoms with Crippen molar-refractivity contribution < 1.29 is 18.7 Å². The predicted molar refractivity (Wildman–Crippen MR) is 82.1 cm³/mol. The molecule has 0 radical (unpaired) electrons. The topological polar surface area (TPSA) is 64.8 Å². The minimum Gasteiger partial charge on any atom is -0.465 e. The van der Waals surface area contributed by atoms with E-state index in [-0.39, 0.29) is 6.04 Å². The SMILES string of the molecule is COC(=O)c1cccc2oc(N3CCOC[C@@H]3C(C)C)nc12. The van der Waals surface area contributed by atoms with E-state index in [0.29, 0.717) is 41.8 Å². The molecule has 1 aromatic heterocycles. The molecule has 6 nitrogen and oxygen atoms in total. The first kappa shape index (κ1) is 14.8. The summed E-state index contributed by atoms with van der Waals surface area (Å²) in [6, 6.07) is 6.02. The van der Waals surface area contributed by atoms with Crippen molar-refractivity contribution in [2.75, 3.05) is 31.8 Å². The molecule has 1 saturated heterocycles. The monoisotopic (exact) mass is 304 g/mol. The summed E-state index contributed by atoms with van der Waals surface area (Å²) < 4.78 is 16.2. The molecule has 118 valence electrons. The van der Waals surface area contributed by atoms with Crippen LogP contribution in [0.5, 0.6) is 0 Å². The molecule has 2 heterocycles. The van der Waals surface area contributed by atoms with Crippen LogP contribution >= 0.6 is 0 Å². The molecule has 1 aliphatic heterocycles. The maximum Gasteiger partial charge on any atom is 0.340 e. The first-order chi connectivity index (χ1) is 10.6. The van der Waals surface area contributed by atoms with Crippen molar-refractivity contribution in [3.63, 3.8) is 0 Å². The minimum absolute atomic E-state index is 0.211. The van der Waals surface area contributed by atoms with Crippen LogP contribution in [0.1, 0.15) is 24.2 Å². The maximum absolute atomic E-state index is 11.8. The average molecular weight is 304 g/mol. The van der Waals surface area contributed by atoms with Gasteiger partial charge in [0.1, 0.15) is 5.52 Å². The molecule has 1 fully saturated rings. The van der Waals surface area contributed by atoms with Crippen molar-refractivity contribution in [1.29, 1.82) is 0 Å². The fourth-order valence-electron chi connectivity index (χ4n) is 2.75. The molecule has 0 unspecified atom stereocenters. The first-order valence-electron chi connectivity index (χ1n) is 7.44. The molecular formula is C16H20N2O4. The van der Waals surface area contributed by atoms with Crippen LogP contribution in [-0.2, 0) is 9.47 Å². The van der Waals surface area contributed by atoms with E-state index >= 15 is 0 Å². The highest BCUT2D eigenvalue weighted by Crippen LogP contribution is 2.28. The lowest BCUT2D eigenvalue weighted by Crippen LogP contribution is -2.48. The zero-order valence-electron chi connectivity index (χ0n) is 13.0. The number of para-hydroxylation sites is 1. The number of carbonyl (C=O) groups is 1. The number of ether oxygens (including phenoxy) is 2. The van der Waals surface area contributed by atoms with E-state index in [9.17, 15) is 4.79 Å². The van der Waals surface area contributed by atoms with Gasteiger partial charge in [-0.3, -0.25) is 0 Å². The Balaban J connectivity index is 2.02. The number of fused-ring (bicyclic) bond motifs is 1. The molecule has 1 aromatic carbocycles. The molecule has 1 atom stereocenters. The maximum atomic E-state index is 11.8. The number of aromatic nitrogens is 1. The second-order valence-electron chi connectivity index (χ2n) is 5.72. The number of benzene rings is 1. The van der Waals surface area contributed by atoms with Gasteiger partial charge in [0.2, 0.25) is 0 Å². The third-order valence-corrected chi connectivity index (χ3v) is 3.99. The van der Waals surface area contributed by atoms with E-state index in [1.165, 1.54) is 7.11 Å². The van der Waals surface area contributed by atoms with Crippen molar-refractivity contribution in [2.45, 2.75) is 19.9 Å². The van der Waals surface area contributed by atoms with Crippen molar-refractivity contribution in [3.05, 3.63) is 23.8 Å². The van der Waals surface area contributed by atoms with Gasteiger partial charge < -0.3 is 18.8 Å². The fraction of sp³-hybridized carbons (Fsp3) is 0.500. The summed E-state index contributed by atoms with van der Waals surface area (Å²) in [5.74, 6) is 0.00299. The number of esters is 1. The second kappa shape index (κ2) is 5.96. The number of anilines is 1. The Hall–Kier alpha value is -2.08. The molecule has 22 heavy (non-hydrogen) atoms. The Kier molecular flexibility index (Phi) is 4.02. The molecule has 2 aromatic rings. The fourth-order valence-corrected chi connectivity index (χ4v) is 2.75. The minimum atomic E-state index is -0.409. The molecule has 0 amide bonds. The molecular weight excluding hydrogens is 284 g/mol. The quantitative estimate of drug-likeness (QED) is 0.812. The molecule has 6 heteroatoms. The van der Waals surface area contributed by atoms with Gasteiger partial charge in [-0.05, 0) is 18.1 Å². The molecule has 0 saturated carbocycles. The van der Waals surface area contributed by atoms with Gasteiger partial charge in [0, 0.05) is 6.54 Å². The van der Waals surface area contributed by atoms with Gasteiger partial charge in [-0.1, -0.05) is 19.9 Å². The Morgan fingerprint density at radius 2 is 2.27 bits per heavy atom. The number of oxazole rings is 1. The van der Waals surface area contributed by atoms with Gasteiger partial charge in [-0.15, -0.1) is 0 Å². The lowest BCUT2D eigenvalue weighted by Gasteiger charge is -2.36. The summed E-state index contributed by atoms with van der Waals surface area (Å²) in [5, 5.41) is 0. The largest absolute Gasteiger partial charge is 0.465 e. The van der Waals surface area contributed by atoms with Gasteiger partial charge in [0.25, 0.3) is 6.01 Å². The van der Waals surface area contributed by atoms with Crippen molar-refractivity contribution in [2.24, 2.45) is 5.92 Å². The Bertz CT molecular complexity index is 680. The van der Waals surface area contributed by atoms with E-state index in [2.05, 4.69) is 23.7 Å². The number of rotatable bonds is 3. The number of methoxy groups -OCH3 is 1. The van der Waals surface area contributed by atoms with Crippen LogP contribution in [0, 0.1) is 5.92 Å². The van der Waals surface area contributed by atoms with Crippen molar-refractivity contribution in [1.82, 2.24) is 4.98 Å². The highest BCUT2D eigenvalue weighted by molar-refractivity contribution is 6.01. The van der Waals surface area contributed by atoms with Crippen molar-refractivity contribution in [3.8, 4) is 0 Å². The average Bonchev–Trinajstić information content (AvgIpc) is 2.97. The van der Waals surface area contributed by atoms with E-state index in [1.807, 2.05) is 6.07 Å². The first-order valence-corrected chi connectivity index (χ1v) is 7.44. The summed E-state index contributed by atoms with van der Waals surface area (Å²) in [6.07, 6.45) is 0. The molecule has 3 rings (SSSR count). The van der Waals surface area contributed by atoms with Gasteiger partial charge >= 0.3 is 5.97 Å². The van der Waals surface area contributed by atoms with Gasteiger partial charge in [0.05, 0.1) is 31.9 Å². The van der Waals surface area contributed by atoms with E-state index in [1.54, 1.807) is 12.1 Å². The number of nitrogens with zero attached hydrogens (tertiary/aromatic N) is 2. The van der Waals surface area contributed by atoms with Crippen LogP contribution in [-0.4, -0.2) is 43.9 Å². The highest BCUT2D eigenvalue weighted by Gasteiger charge is 2.30. The normalized spacial score (nSPS) is 18.9. The van der Waals surface area contributed by atoms with Crippen LogP contribution in [0.2, 0.25) is 0 Å². The standard InChI is InChI=1S/C16H20N2O4/c1-10(2)12-9-21-8-7-18(12)16-17-14-11(15(19)20-3)5-4-6-13(14)22-16/h4-6,10,12H,7-9H2,1-3H3/t12-/m1/s1. The van der Waals surface area contributed by atoms with E-state index in [4.69, 9.17) is 13.9 Å². The summed E-state index contributed by atoms with van der Waals surface area (Å²) in [7, 11) is 1.36. The summed E-state index contributed by atoms with van der Waals surface area (Å²) in [5.41, 5.74) is 1.55. The highest BCUT2D eigenvalue weighted by atomic mass is 16.5. The van der Waals surface area contributed by atoms with Gasteiger partial charge in [0.15, 0.2) is 5.58 Å².